The fourth-order valence-corrected chi connectivity index (χ4v) is 9.72. The topological polar surface area (TPSA) is 215 Å². The van der Waals surface area contributed by atoms with E-state index in [2.05, 4.69) is 28.2 Å². The third kappa shape index (κ3) is 31.3. The maximum Gasteiger partial charge on any atom is 0.338 e. The Morgan fingerprint density at radius 2 is 0.685 bits per heavy atom. The number of esters is 5. The zero-order chi connectivity index (χ0) is 66.4. The molecule has 0 amide bonds. The van der Waals surface area contributed by atoms with Gasteiger partial charge in [0.15, 0.2) is 17.2 Å². The van der Waals surface area contributed by atoms with Gasteiger partial charge in [0.05, 0.1) is 81.3 Å². The Kier molecular flexibility index (Phi) is 38.9. The van der Waals surface area contributed by atoms with E-state index in [1.165, 1.54) is 77.6 Å². The van der Waals surface area contributed by atoms with Crippen LogP contribution in [0.3, 0.4) is 0 Å². The van der Waals surface area contributed by atoms with Gasteiger partial charge in [-0.25, -0.2) is 24.0 Å². The van der Waals surface area contributed by atoms with Gasteiger partial charge < -0.3 is 52.6 Å². The van der Waals surface area contributed by atoms with E-state index in [0.29, 0.717) is 78.7 Å². The summed E-state index contributed by atoms with van der Waals surface area (Å²) in [4.78, 5) is 94.1. The summed E-state index contributed by atoms with van der Waals surface area (Å²) in [6, 6.07) is 19.9. The number of hydrogen-bond donors (Lipinski definition) is 0. The van der Waals surface area contributed by atoms with Crippen LogP contribution in [0.25, 0.3) is 18.2 Å². The monoisotopic (exact) mass is 1280 g/mol. The summed E-state index contributed by atoms with van der Waals surface area (Å²) >= 11 is 0. The second-order valence-corrected chi connectivity index (χ2v) is 22.0. The summed E-state index contributed by atoms with van der Waals surface area (Å²) in [6.07, 6.45) is 31.2. The third-order valence-electron chi connectivity index (χ3n) is 14.9. The minimum atomic E-state index is -0.460. The molecule has 0 aliphatic heterocycles. The second-order valence-electron chi connectivity index (χ2n) is 22.0. The molecular formula is C73H98O19. The Balaban J connectivity index is 1.40. The van der Waals surface area contributed by atoms with E-state index in [9.17, 15) is 24.0 Å². The first-order valence-corrected chi connectivity index (χ1v) is 32.2. The van der Waals surface area contributed by atoms with Crippen molar-refractivity contribution in [1.82, 2.24) is 0 Å². The van der Waals surface area contributed by atoms with Crippen LogP contribution in [-0.4, -0.2) is 106 Å². The highest BCUT2D eigenvalue weighted by Crippen LogP contribution is 2.32. The van der Waals surface area contributed by atoms with Gasteiger partial charge >= 0.3 is 29.8 Å². The van der Waals surface area contributed by atoms with Crippen molar-refractivity contribution in [3.05, 3.63) is 136 Å². The van der Waals surface area contributed by atoms with Crippen LogP contribution in [-0.2, 0) is 76.8 Å². The molecule has 0 aromatic heterocycles. The van der Waals surface area contributed by atoms with Crippen LogP contribution >= 0.6 is 0 Å². The molecular weight excluding hydrogens is 1180 g/mol. The van der Waals surface area contributed by atoms with E-state index in [1.54, 1.807) is 79.7 Å². The highest BCUT2D eigenvalue weighted by Gasteiger charge is 2.18. The van der Waals surface area contributed by atoms with Gasteiger partial charge in [-0.1, -0.05) is 108 Å². The number of hydrogen-bond acceptors (Lipinski definition) is 19. The molecule has 0 atom stereocenters. The van der Waals surface area contributed by atoms with Crippen molar-refractivity contribution in [3.8, 4) is 34.5 Å². The van der Waals surface area contributed by atoms with Crippen LogP contribution in [0.1, 0.15) is 185 Å². The summed E-state index contributed by atoms with van der Waals surface area (Å²) in [5.74, 6) is 0.641. The molecule has 92 heavy (non-hydrogen) atoms. The Hall–Kier alpha value is -8.13. The molecule has 0 N–H and O–H groups in total. The molecule has 0 heterocycles. The van der Waals surface area contributed by atoms with Gasteiger partial charge in [0, 0.05) is 23.8 Å². The summed E-state index contributed by atoms with van der Waals surface area (Å²) in [5, 5.41) is 0. The number of aryl methyl sites for hydroxylation is 2. The quantitative estimate of drug-likeness (QED) is 0.0100. The van der Waals surface area contributed by atoms with E-state index in [0.717, 1.165) is 171 Å². The van der Waals surface area contributed by atoms with E-state index in [4.69, 9.17) is 57.7 Å². The van der Waals surface area contributed by atoms with Crippen LogP contribution < -0.4 is 28.9 Å². The van der Waals surface area contributed by atoms with Crippen LogP contribution in [0, 0.1) is 0 Å². The summed E-state index contributed by atoms with van der Waals surface area (Å²) in [7, 11) is 8.58. The van der Waals surface area contributed by atoms with Gasteiger partial charge in [-0.3, -0.25) is 0 Å². The highest BCUT2D eigenvalue weighted by molar-refractivity contribution is 5.90. The number of carbonyl (C=O) groups excluding carboxylic acids is 5. The predicted octanol–water partition coefficient (Wildman–Crippen LogP) is 15.4. The fourth-order valence-electron chi connectivity index (χ4n) is 9.72. The van der Waals surface area contributed by atoms with E-state index < -0.39 is 17.9 Å². The molecule has 0 spiro atoms. The lowest BCUT2D eigenvalue weighted by Gasteiger charge is -2.18. The molecule has 4 aromatic carbocycles. The predicted molar refractivity (Wildman–Crippen MR) is 352 cm³/mol. The highest BCUT2D eigenvalue weighted by atomic mass is 17.2. The lowest BCUT2D eigenvalue weighted by molar-refractivity contribution is -0.208. The van der Waals surface area contributed by atoms with Crippen LogP contribution in [0.5, 0.6) is 34.5 Å². The van der Waals surface area contributed by atoms with Crippen molar-refractivity contribution in [3.63, 3.8) is 0 Å². The molecule has 0 aliphatic carbocycles. The molecule has 0 bridgehead atoms. The number of unbranched alkanes of at least 4 members (excludes halogenated alkanes) is 17. The smallest absolute Gasteiger partial charge is 0.338 e. The van der Waals surface area contributed by atoms with Gasteiger partial charge in [-0.2, -0.15) is 14.7 Å². The zero-order valence-electron chi connectivity index (χ0n) is 55.3. The van der Waals surface area contributed by atoms with Gasteiger partial charge in [-0.15, -0.1) is 0 Å². The molecule has 4 rings (SSSR count). The van der Waals surface area contributed by atoms with Crippen LogP contribution in [0.15, 0.2) is 97.1 Å². The normalized spacial score (nSPS) is 11.2. The number of methoxy groups -OCH3 is 6. The van der Waals surface area contributed by atoms with E-state index in [-0.39, 0.29) is 11.9 Å². The molecule has 504 valence electrons. The van der Waals surface area contributed by atoms with Gasteiger partial charge in [-0.05, 0) is 178 Å². The minimum absolute atomic E-state index is 0.304. The first-order chi connectivity index (χ1) is 44.8. The van der Waals surface area contributed by atoms with Crippen molar-refractivity contribution in [2.75, 3.05) is 75.7 Å². The Morgan fingerprint density at radius 1 is 0.370 bits per heavy atom. The van der Waals surface area contributed by atoms with Crippen LogP contribution in [0.4, 0.5) is 0 Å². The molecule has 0 radical (unpaired) electrons. The van der Waals surface area contributed by atoms with Crippen molar-refractivity contribution in [2.24, 2.45) is 0 Å². The Morgan fingerprint density at radius 3 is 1.02 bits per heavy atom. The largest absolute Gasteiger partial charge is 0.493 e. The zero-order valence-corrected chi connectivity index (χ0v) is 55.3. The number of ether oxygens (including phenoxy) is 8. The lowest BCUT2D eigenvalue weighted by atomic mass is 9.88. The number of carbonyl (C=O) groups is 5. The Labute approximate surface area is 544 Å². The maximum absolute atomic E-state index is 14.0. The van der Waals surface area contributed by atoms with Crippen LogP contribution in [0.2, 0.25) is 0 Å². The number of benzene rings is 4. The molecule has 19 nitrogen and oxygen atoms in total. The molecule has 0 aliphatic rings. The SMILES string of the molecule is C=C(C)C(=O)OCCCCCCCCCCCOC(=O)c1cc(CCCCCCOOc2ccc(/C=C/C(=O)OC)cc2OC)c(CCCCCCOOc2ccc(/C=C/C(=O)OC)cc2OC)c(CCCCCCOOc2ccc(/C=C/C(=O)OC)cc2OC)c1. The van der Waals surface area contributed by atoms with Gasteiger partial charge in [0.2, 0.25) is 17.2 Å². The standard InChI is InChI=1S/C73H98O19/c1-55(2)72(77)85-45-25-17-12-10-9-11-13-18-26-46-86-73(78)61-53-59(30-22-14-19-27-47-87-90-63-39-33-56(50-66(63)79-3)36-42-69(74)82-6)62(32-24-16-21-29-49-89-92-65-41-35-58(52-68(65)81-5)38-44-71(76)84-8)60(54-61)31-23-15-20-28-48-88-91-64-40-34-57(51-67(64)80-4)37-43-70(75)83-7/h33-44,50-54H,1,9-32,45-49H2,2-8H3/b42-36+,43-37+,44-38+. The van der Waals surface area contributed by atoms with Crippen molar-refractivity contribution in [2.45, 2.75) is 161 Å². The summed E-state index contributed by atoms with van der Waals surface area (Å²) < 4.78 is 41.8. The lowest BCUT2D eigenvalue weighted by Crippen LogP contribution is -2.11. The van der Waals surface area contributed by atoms with E-state index >= 15 is 0 Å². The fraction of sp³-hybridized carbons (Fsp3) is 0.493. The number of rotatable bonds is 50. The average molecular weight is 1280 g/mol. The molecule has 0 saturated heterocycles. The average Bonchev–Trinajstić information content (AvgIpc) is 2.03. The van der Waals surface area contributed by atoms with Crippen molar-refractivity contribution in [1.29, 1.82) is 0 Å². The molecule has 0 unspecified atom stereocenters. The minimum Gasteiger partial charge on any atom is -0.493 e. The third-order valence-corrected chi connectivity index (χ3v) is 14.9. The van der Waals surface area contributed by atoms with E-state index in [1.807, 2.05) is 0 Å². The molecule has 0 saturated carbocycles. The van der Waals surface area contributed by atoms with Crippen molar-refractivity contribution >= 4 is 48.1 Å². The Bertz CT molecular complexity index is 2830. The first-order valence-electron chi connectivity index (χ1n) is 32.2. The van der Waals surface area contributed by atoms with Gasteiger partial charge in [0.1, 0.15) is 0 Å². The summed E-state index contributed by atoms with van der Waals surface area (Å²) in [6.45, 7) is 7.19. The second kappa shape index (κ2) is 46.9. The van der Waals surface area contributed by atoms with Gasteiger partial charge in [0.25, 0.3) is 0 Å². The molecule has 0 fully saturated rings. The van der Waals surface area contributed by atoms with Crippen molar-refractivity contribution < 1.29 is 91.2 Å². The summed E-state index contributed by atoms with van der Waals surface area (Å²) in [5.41, 5.74) is 6.85. The molecule has 19 heteroatoms. The maximum atomic E-state index is 14.0. The first kappa shape index (κ1) is 76.3. The molecule has 4 aromatic rings.